The number of aliphatic hydroxyl groups excluding tert-OH is 1. The third-order valence-electron chi connectivity index (χ3n) is 1.44. The number of hydrogen-bond acceptors (Lipinski definition) is 4. The first-order valence-electron chi connectivity index (χ1n) is 3.66. The minimum atomic E-state index is -1.25. The molecule has 0 radical (unpaired) electrons. The lowest BCUT2D eigenvalue weighted by atomic mass is 10.1. The minimum Gasteiger partial charge on any atom is -0.493 e. The van der Waals surface area contributed by atoms with Gasteiger partial charge in [0, 0.05) is 5.92 Å². The molecule has 5 heteroatoms. The second-order valence-electron chi connectivity index (χ2n) is 2.50. The molecule has 0 spiro atoms. The van der Waals surface area contributed by atoms with E-state index in [1.165, 1.54) is 14.0 Å². The largest absolute Gasteiger partial charge is 0.493 e. The number of aliphatic carboxylic acids is 1. The van der Waals surface area contributed by atoms with Crippen LogP contribution in [0.3, 0.4) is 0 Å². The zero-order valence-electron chi connectivity index (χ0n) is 7.48. The van der Waals surface area contributed by atoms with Crippen molar-refractivity contribution in [2.75, 3.05) is 13.7 Å². The molecule has 0 aliphatic carbocycles. The number of rotatable bonds is 5. The Morgan fingerprint density at radius 1 is 1.54 bits per heavy atom. The van der Waals surface area contributed by atoms with Crippen molar-refractivity contribution in [3.05, 3.63) is 11.8 Å². The Balaban J connectivity index is 4.59. The first kappa shape index (κ1) is 11.6. The number of aliphatic hydroxyl groups is 1. The summed E-state index contributed by atoms with van der Waals surface area (Å²) in [5.41, 5.74) is 0. The Kier molecular flexibility index (Phi) is 4.76. The van der Waals surface area contributed by atoms with Crippen LogP contribution in [0.25, 0.3) is 0 Å². The second-order valence-corrected chi connectivity index (χ2v) is 2.50. The third-order valence-corrected chi connectivity index (χ3v) is 1.44. The summed E-state index contributed by atoms with van der Waals surface area (Å²) in [4.78, 5) is 21.4. The molecule has 1 unspecified atom stereocenters. The molecule has 0 saturated carbocycles. The number of hydrogen-bond donors (Lipinski definition) is 2. The lowest BCUT2D eigenvalue weighted by Gasteiger charge is -2.08. The van der Waals surface area contributed by atoms with Gasteiger partial charge in [0.25, 0.3) is 0 Å². The molecule has 0 saturated heterocycles. The second kappa shape index (κ2) is 5.31. The summed E-state index contributed by atoms with van der Waals surface area (Å²) in [6.07, 6.45) is 0.675. The summed E-state index contributed by atoms with van der Waals surface area (Å²) < 4.78 is 4.57. The molecule has 0 aromatic rings. The number of methoxy groups -OCH3 is 1. The van der Waals surface area contributed by atoms with Crippen molar-refractivity contribution in [2.24, 2.45) is 5.92 Å². The summed E-state index contributed by atoms with van der Waals surface area (Å²) in [6, 6.07) is 0. The third kappa shape index (κ3) is 3.71. The first-order valence-corrected chi connectivity index (χ1v) is 3.66. The van der Waals surface area contributed by atoms with Gasteiger partial charge in [0.15, 0.2) is 5.76 Å². The molecule has 0 heterocycles. The average molecular weight is 188 g/mol. The highest BCUT2D eigenvalue weighted by Gasteiger charge is 2.18. The zero-order valence-corrected chi connectivity index (χ0v) is 7.48. The fourth-order valence-electron chi connectivity index (χ4n) is 0.669. The van der Waals surface area contributed by atoms with Crippen LogP contribution >= 0.6 is 0 Å². The zero-order chi connectivity index (χ0) is 10.4. The summed E-state index contributed by atoms with van der Waals surface area (Å²) in [7, 11) is 1.21. The minimum absolute atomic E-state index is 0.256. The standard InChI is InChI=1S/C8H12O5/c1-5(4-9)8(12)6(13-2)3-7(10)11/h3,5,9H,4H2,1-2H3,(H,10,11)/b6-3-. The van der Waals surface area contributed by atoms with Gasteiger partial charge in [0.05, 0.1) is 19.8 Å². The molecule has 0 aromatic heterocycles. The van der Waals surface area contributed by atoms with Crippen LogP contribution in [0.4, 0.5) is 0 Å². The van der Waals surface area contributed by atoms with Gasteiger partial charge < -0.3 is 14.9 Å². The van der Waals surface area contributed by atoms with E-state index in [-0.39, 0.29) is 12.4 Å². The molecule has 1 atom stereocenters. The van der Waals surface area contributed by atoms with Crippen molar-refractivity contribution in [1.82, 2.24) is 0 Å². The van der Waals surface area contributed by atoms with E-state index >= 15 is 0 Å². The lowest BCUT2D eigenvalue weighted by Crippen LogP contribution is -2.18. The maximum atomic E-state index is 11.2. The van der Waals surface area contributed by atoms with Crippen LogP contribution in [0.1, 0.15) is 6.92 Å². The fraction of sp³-hybridized carbons (Fsp3) is 0.500. The molecule has 0 bridgehead atoms. The highest BCUT2D eigenvalue weighted by molar-refractivity contribution is 5.99. The summed E-state index contributed by atoms with van der Waals surface area (Å²) >= 11 is 0. The van der Waals surface area contributed by atoms with Gasteiger partial charge in [-0.25, -0.2) is 4.79 Å². The predicted octanol–water partition coefficient (Wildman–Crippen LogP) is -0.201. The normalized spacial score (nSPS) is 13.6. The Labute approximate surface area is 75.6 Å². The molecule has 0 aliphatic rings. The van der Waals surface area contributed by atoms with Crippen LogP contribution in [-0.2, 0) is 14.3 Å². The lowest BCUT2D eigenvalue weighted by molar-refractivity contribution is -0.132. The van der Waals surface area contributed by atoms with Crippen LogP contribution in [0.2, 0.25) is 0 Å². The van der Waals surface area contributed by atoms with Gasteiger partial charge in [0.2, 0.25) is 5.78 Å². The van der Waals surface area contributed by atoms with E-state index in [0.29, 0.717) is 6.08 Å². The molecule has 74 valence electrons. The molecule has 13 heavy (non-hydrogen) atoms. The Hall–Kier alpha value is -1.36. The Morgan fingerprint density at radius 3 is 2.38 bits per heavy atom. The number of carbonyl (C=O) groups is 2. The number of allylic oxidation sites excluding steroid dienone is 1. The number of carboxylic acids is 1. The maximum Gasteiger partial charge on any atom is 0.332 e. The van der Waals surface area contributed by atoms with Gasteiger partial charge in [-0.15, -0.1) is 0 Å². The Bertz CT molecular complexity index is 231. The van der Waals surface area contributed by atoms with E-state index in [1.54, 1.807) is 0 Å². The molecular formula is C8H12O5. The van der Waals surface area contributed by atoms with Gasteiger partial charge in [-0.05, 0) is 0 Å². The topological polar surface area (TPSA) is 83.8 Å². The van der Waals surface area contributed by atoms with Gasteiger partial charge >= 0.3 is 5.97 Å². The summed E-state index contributed by atoms with van der Waals surface area (Å²) in [5.74, 6) is -2.68. The van der Waals surface area contributed by atoms with Crippen LogP contribution in [0, 0.1) is 5.92 Å². The predicted molar refractivity (Wildman–Crippen MR) is 44.0 cm³/mol. The molecule has 0 aliphatic heterocycles. The summed E-state index contributed by atoms with van der Waals surface area (Å²) in [5, 5.41) is 17.0. The van der Waals surface area contributed by atoms with Crippen LogP contribution in [0.15, 0.2) is 11.8 Å². The monoisotopic (exact) mass is 188 g/mol. The van der Waals surface area contributed by atoms with E-state index in [2.05, 4.69) is 4.74 Å². The quantitative estimate of drug-likeness (QED) is 0.461. The van der Waals surface area contributed by atoms with Crippen molar-refractivity contribution in [3.8, 4) is 0 Å². The molecule has 0 amide bonds. The number of carboxylic acid groups (broad SMARTS) is 1. The van der Waals surface area contributed by atoms with Crippen molar-refractivity contribution in [1.29, 1.82) is 0 Å². The molecule has 0 aromatic carbocycles. The smallest absolute Gasteiger partial charge is 0.332 e. The van der Waals surface area contributed by atoms with Gasteiger partial charge in [-0.2, -0.15) is 0 Å². The van der Waals surface area contributed by atoms with E-state index in [0.717, 1.165) is 0 Å². The SMILES string of the molecule is CO/C(=C\C(=O)O)C(=O)C(C)CO. The van der Waals surface area contributed by atoms with Crippen molar-refractivity contribution < 1.29 is 24.5 Å². The van der Waals surface area contributed by atoms with E-state index in [1.807, 2.05) is 0 Å². The van der Waals surface area contributed by atoms with Crippen molar-refractivity contribution in [3.63, 3.8) is 0 Å². The summed E-state index contributed by atoms with van der Waals surface area (Å²) in [6.45, 7) is 1.15. The highest BCUT2D eigenvalue weighted by atomic mass is 16.5. The fourth-order valence-corrected chi connectivity index (χ4v) is 0.669. The van der Waals surface area contributed by atoms with Crippen molar-refractivity contribution >= 4 is 11.8 Å². The van der Waals surface area contributed by atoms with Crippen LogP contribution < -0.4 is 0 Å². The van der Waals surface area contributed by atoms with E-state index in [9.17, 15) is 9.59 Å². The maximum absolute atomic E-state index is 11.2. The van der Waals surface area contributed by atoms with Crippen molar-refractivity contribution in [2.45, 2.75) is 6.92 Å². The van der Waals surface area contributed by atoms with E-state index in [4.69, 9.17) is 10.2 Å². The number of ether oxygens (including phenoxy) is 1. The molecule has 0 fully saturated rings. The van der Waals surface area contributed by atoms with Gasteiger partial charge in [-0.1, -0.05) is 6.92 Å². The average Bonchev–Trinajstić information content (AvgIpc) is 2.11. The number of ketones is 1. The molecule has 5 nitrogen and oxygen atoms in total. The highest BCUT2D eigenvalue weighted by Crippen LogP contribution is 2.06. The van der Waals surface area contributed by atoms with Crippen LogP contribution in [0.5, 0.6) is 0 Å². The van der Waals surface area contributed by atoms with E-state index < -0.39 is 17.7 Å². The first-order chi connectivity index (χ1) is 6.02. The van der Waals surface area contributed by atoms with Gasteiger partial charge in [-0.3, -0.25) is 4.79 Å². The molecule has 0 rings (SSSR count). The molecule has 2 N–H and O–H groups in total. The van der Waals surface area contributed by atoms with Gasteiger partial charge in [0.1, 0.15) is 0 Å². The number of carbonyl (C=O) groups excluding carboxylic acids is 1. The molecular weight excluding hydrogens is 176 g/mol. The Morgan fingerprint density at radius 2 is 2.08 bits per heavy atom. The number of Topliss-reactive ketones (excluding diaryl/α,β-unsaturated/α-hetero) is 1. The van der Waals surface area contributed by atoms with Crippen LogP contribution in [-0.4, -0.2) is 35.7 Å².